The summed E-state index contributed by atoms with van der Waals surface area (Å²) in [7, 11) is -4.41. The third-order valence-corrected chi connectivity index (χ3v) is 17.3. The van der Waals surface area contributed by atoms with Crippen molar-refractivity contribution in [3.63, 3.8) is 0 Å². The van der Waals surface area contributed by atoms with Crippen LogP contribution < -0.4 is 5.73 Å². The second-order valence-corrected chi connectivity index (χ2v) is 26.6. The van der Waals surface area contributed by atoms with Gasteiger partial charge in [0, 0.05) is 19.4 Å². The Balaban J connectivity index is 3.89. The molecule has 0 aliphatic heterocycles. The van der Waals surface area contributed by atoms with E-state index < -0.39 is 26.5 Å². The van der Waals surface area contributed by atoms with Crippen LogP contribution in [0, 0.1) is 0 Å². The van der Waals surface area contributed by atoms with Crippen LogP contribution in [0.2, 0.25) is 0 Å². The zero-order valence-electron chi connectivity index (χ0n) is 59.1. The number of carbonyl (C=O) groups is 2. The summed E-state index contributed by atoms with van der Waals surface area (Å²) in [6.45, 7) is 3.65. The van der Waals surface area contributed by atoms with Crippen LogP contribution >= 0.6 is 7.82 Å². The Morgan fingerprint density at radius 1 is 0.341 bits per heavy atom. The molecule has 0 aliphatic carbocycles. The van der Waals surface area contributed by atoms with Gasteiger partial charge in [0.2, 0.25) is 0 Å². The molecule has 2 unspecified atom stereocenters. The zero-order chi connectivity index (χ0) is 65.8. The van der Waals surface area contributed by atoms with Gasteiger partial charge in [-0.25, -0.2) is 4.57 Å². The van der Waals surface area contributed by atoms with E-state index in [1.54, 1.807) is 0 Å². The number of nitrogens with two attached hydrogens (primary N) is 1. The van der Waals surface area contributed by atoms with Gasteiger partial charge in [-0.1, -0.05) is 347 Å². The second-order valence-electron chi connectivity index (χ2n) is 25.1. The minimum Gasteiger partial charge on any atom is -0.462 e. The molecule has 0 amide bonds. The molecular weight excluding hydrogens is 1150 g/mol. The number of hydrogen-bond acceptors (Lipinski definition) is 8. The average molecular weight is 1290 g/mol. The smallest absolute Gasteiger partial charge is 0.462 e. The summed E-state index contributed by atoms with van der Waals surface area (Å²) in [5.74, 6) is -0.834. The normalized spacial score (nSPS) is 13.6. The summed E-state index contributed by atoms with van der Waals surface area (Å²) in [4.78, 5) is 35.4. The molecule has 0 bridgehead atoms. The van der Waals surface area contributed by atoms with E-state index >= 15 is 0 Å². The molecule has 9 nitrogen and oxygen atoms in total. The van der Waals surface area contributed by atoms with Crippen molar-refractivity contribution >= 4 is 19.8 Å². The number of carbonyl (C=O) groups excluding carboxylic acids is 2. The van der Waals surface area contributed by atoms with E-state index in [0.717, 1.165) is 103 Å². The van der Waals surface area contributed by atoms with Gasteiger partial charge in [-0.15, -0.1) is 0 Å². The highest BCUT2D eigenvalue weighted by atomic mass is 31.2. The fourth-order valence-corrected chi connectivity index (χ4v) is 11.5. The van der Waals surface area contributed by atoms with Crippen molar-refractivity contribution in [2.45, 2.75) is 354 Å². The monoisotopic (exact) mass is 1290 g/mol. The third kappa shape index (κ3) is 75.3. The molecule has 0 aromatic carbocycles. The van der Waals surface area contributed by atoms with Crippen molar-refractivity contribution in [2.75, 3.05) is 26.4 Å². The molecule has 0 aromatic rings. The van der Waals surface area contributed by atoms with Crippen molar-refractivity contribution in [3.05, 3.63) is 122 Å². The van der Waals surface area contributed by atoms with E-state index in [1.165, 1.54) is 212 Å². The summed E-state index contributed by atoms with van der Waals surface area (Å²) >= 11 is 0. The lowest BCUT2D eigenvalue weighted by Crippen LogP contribution is -2.29. The van der Waals surface area contributed by atoms with E-state index in [-0.39, 0.29) is 38.6 Å². The van der Waals surface area contributed by atoms with E-state index in [9.17, 15) is 19.0 Å². The molecule has 10 heteroatoms. The lowest BCUT2D eigenvalue weighted by Gasteiger charge is -2.19. The topological polar surface area (TPSA) is 134 Å². The van der Waals surface area contributed by atoms with Crippen molar-refractivity contribution in [2.24, 2.45) is 5.73 Å². The molecule has 0 aliphatic rings. The molecule has 0 radical (unpaired) electrons. The molecule has 0 fully saturated rings. The maximum absolute atomic E-state index is 12.8. The standard InChI is InChI=1S/C81H142NO8P/c1-3-5-7-9-11-13-15-17-19-21-23-25-27-29-31-33-35-37-39-41-43-45-47-49-51-53-55-57-59-61-63-65-67-69-71-73-80(83)87-77-79(78-89-91(85,86)88-76-75-82)90-81(84)74-72-70-68-66-64-62-60-58-56-54-52-50-48-46-44-42-40-38-36-34-32-30-28-26-24-22-20-18-16-14-12-10-8-6-4-2/h6,8,12,14,18,20-21,23-24,26,30,32,36,38,42,44,48,50,54,56,79H,3-5,7,9-11,13,15-17,19,22,25,27-29,31,33-35,37,39-41,43,45-47,49,51-53,55,57-78,82H2,1-2H3,(H,85,86)/b8-6-,14-12-,20-18-,23-21-,26-24-,32-30-,38-36-,44-42-,50-48-,56-54-. The molecule has 0 spiro atoms. The molecule has 91 heavy (non-hydrogen) atoms. The summed E-state index contributed by atoms with van der Waals surface area (Å²) < 4.78 is 33.2. The molecule has 0 rings (SSSR count). The summed E-state index contributed by atoms with van der Waals surface area (Å²) in [6, 6.07) is 0. The minimum absolute atomic E-state index is 0.0472. The lowest BCUT2D eigenvalue weighted by molar-refractivity contribution is -0.161. The Labute approximate surface area is 561 Å². The highest BCUT2D eigenvalue weighted by Crippen LogP contribution is 2.43. The highest BCUT2D eigenvalue weighted by Gasteiger charge is 2.26. The van der Waals surface area contributed by atoms with Crippen molar-refractivity contribution < 1.29 is 37.6 Å². The SMILES string of the molecule is CC/C=C\C/C=C\C/C=C\C/C=C\C/C=C\C/C=C\C/C=C\C/C=C\C/C=C\CCCCCCCCCC(=O)OC(COC(=O)CCCCCCCCCCCCCCCCCCCCCCCCC/C=C\CCCCCCCCCC)COP(=O)(O)OCCN. The van der Waals surface area contributed by atoms with Crippen LogP contribution in [-0.2, 0) is 32.7 Å². The number of unbranched alkanes of at least 4 members (excludes halogenated alkanes) is 38. The number of hydrogen-bond donors (Lipinski definition) is 2. The van der Waals surface area contributed by atoms with Crippen LogP contribution in [0.25, 0.3) is 0 Å². The van der Waals surface area contributed by atoms with Crippen LogP contribution in [0.3, 0.4) is 0 Å². The Kier molecular flexibility index (Phi) is 72.5. The van der Waals surface area contributed by atoms with Gasteiger partial charge in [0.1, 0.15) is 6.61 Å². The first-order chi connectivity index (χ1) is 44.8. The van der Waals surface area contributed by atoms with E-state index in [0.29, 0.717) is 6.42 Å². The molecule has 2 atom stereocenters. The maximum atomic E-state index is 12.8. The molecule has 524 valence electrons. The van der Waals surface area contributed by atoms with Crippen molar-refractivity contribution in [3.8, 4) is 0 Å². The number of allylic oxidation sites excluding steroid dienone is 20. The first-order valence-electron chi connectivity index (χ1n) is 38.0. The lowest BCUT2D eigenvalue weighted by atomic mass is 10.0. The number of phosphoric acid groups is 1. The van der Waals surface area contributed by atoms with Crippen molar-refractivity contribution in [1.82, 2.24) is 0 Å². The summed E-state index contributed by atoms with van der Waals surface area (Å²) in [6.07, 6.45) is 106. The van der Waals surface area contributed by atoms with Crippen LogP contribution in [0.1, 0.15) is 348 Å². The summed E-state index contributed by atoms with van der Waals surface area (Å²) in [5.41, 5.74) is 5.41. The third-order valence-electron chi connectivity index (χ3n) is 16.3. The van der Waals surface area contributed by atoms with Gasteiger partial charge in [0.05, 0.1) is 13.2 Å². The molecule has 0 aromatic heterocycles. The Bertz CT molecular complexity index is 1910. The first kappa shape index (κ1) is 87.4. The zero-order valence-corrected chi connectivity index (χ0v) is 59.9. The van der Waals surface area contributed by atoms with Gasteiger partial charge < -0.3 is 20.1 Å². The molecule has 0 saturated carbocycles. The van der Waals surface area contributed by atoms with Gasteiger partial charge in [0.15, 0.2) is 6.10 Å². The van der Waals surface area contributed by atoms with Gasteiger partial charge in [-0.3, -0.25) is 18.6 Å². The van der Waals surface area contributed by atoms with Crippen LogP contribution in [0.5, 0.6) is 0 Å². The molecule has 0 saturated heterocycles. The summed E-state index contributed by atoms with van der Waals surface area (Å²) in [5, 5.41) is 0. The largest absolute Gasteiger partial charge is 0.472 e. The second kappa shape index (κ2) is 75.4. The van der Waals surface area contributed by atoms with Crippen LogP contribution in [0.4, 0.5) is 0 Å². The molecular formula is C81H142NO8P. The fourth-order valence-electron chi connectivity index (χ4n) is 10.7. The first-order valence-corrected chi connectivity index (χ1v) is 39.5. The van der Waals surface area contributed by atoms with Crippen molar-refractivity contribution in [1.29, 1.82) is 0 Å². The number of phosphoric ester groups is 1. The number of rotatable bonds is 71. The molecule has 0 heterocycles. The van der Waals surface area contributed by atoms with E-state index in [1.807, 2.05) is 0 Å². The van der Waals surface area contributed by atoms with E-state index in [4.69, 9.17) is 24.3 Å². The van der Waals surface area contributed by atoms with Crippen LogP contribution in [0.15, 0.2) is 122 Å². The maximum Gasteiger partial charge on any atom is 0.472 e. The highest BCUT2D eigenvalue weighted by molar-refractivity contribution is 7.47. The Morgan fingerprint density at radius 2 is 0.604 bits per heavy atom. The quantitative estimate of drug-likeness (QED) is 0.0264. The predicted octanol–water partition coefficient (Wildman–Crippen LogP) is 25.4. The Hall–Kier alpha value is -3.59. The number of ether oxygens (including phenoxy) is 2. The van der Waals surface area contributed by atoms with Gasteiger partial charge >= 0.3 is 19.8 Å². The minimum atomic E-state index is -4.41. The van der Waals surface area contributed by atoms with Gasteiger partial charge in [-0.2, -0.15) is 0 Å². The molecule has 3 N–H and O–H groups in total. The van der Waals surface area contributed by atoms with E-state index in [2.05, 4.69) is 135 Å². The number of esters is 2. The van der Waals surface area contributed by atoms with Gasteiger partial charge in [0.25, 0.3) is 0 Å². The predicted molar refractivity (Wildman–Crippen MR) is 394 cm³/mol. The fraction of sp³-hybridized carbons (Fsp3) is 0.728. The Morgan fingerprint density at radius 3 is 0.912 bits per heavy atom. The average Bonchev–Trinajstić information content (AvgIpc) is 3.68. The van der Waals surface area contributed by atoms with Crippen LogP contribution in [-0.4, -0.2) is 49.3 Å². The van der Waals surface area contributed by atoms with Gasteiger partial charge in [-0.05, 0) is 109 Å².